The molecule has 0 fully saturated rings. The summed E-state index contributed by atoms with van der Waals surface area (Å²) >= 11 is -0.403. The van der Waals surface area contributed by atoms with Crippen molar-refractivity contribution >= 4 is 28.3 Å². The molecular formula is C10H13ClMgO. The molecule has 0 aliphatic rings. The Bertz CT molecular complexity index is 252. The van der Waals surface area contributed by atoms with Crippen molar-refractivity contribution in [1.82, 2.24) is 0 Å². The van der Waals surface area contributed by atoms with Gasteiger partial charge in [-0.25, -0.2) is 0 Å². The number of hydrogen-bond acceptors (Lipinski definition) is 1. The second-order valence-electron chi connectivity index (χ2n) is 2.93. The predicted molar refractivity (Wildman–Crippen MR) is 57.5 cm³/mol. The lowest BCUT2D eigenvalue weighted by atomic mass is 10.2. The number of ether oxygens (including phenoxy) is 1. The molecule has 0 spiro atoms. The van der Waals surface area contributed by atoms with Crippen molar-refractivity contribution in [3.63, 3.8) is 0 Å². The standard InChI is InChI=1S/C10H13O.ClH.Mg/c1-3-7-11-10-6-4-5-9(2)8-10;;/h4-6,8H,2-3,7H2,1H3;1H;/q;;+1/p-1. The van der Waals surface area contributed by atoms with Crippen LogP contribution in [0.25, 0.3) is 0 Å². The highest BCUT2D eigenvalue weighted by atomic mass is 35.5. The molecule has 0 atom stereocenters. The Morgan fingerprint density at radius 2 is 2.31 bits per heavy atom. The number of rotatable bonds is 5. The van der Waals surface area contributed by atoms with Crippen molar-refractivity contribution in [1.29, 1.82) is 0 Å². The summed E-state index contributed by atoms with van der Waals surface area (Å²) in [6.45, 7) is 2.90. The quantitative estimate of drug-likeness (QED) is 0.677. The van der Waals surface area contributed by atoms with Gasteiger partial charge in [-0.15, -0.1) is 0 Å². The van der Waals surface area contributed by atoms with Crippen LogP contribution in [0.3, 0.4) is 0 Å². The fourth-order valence-corrected chi connectivity index (χ4v) is 2.30. The minimum Gasteiger partial charge on any atom is -0.494 e. The predicted octanol–water partition coefficient (Wildman–Crippen LogP) is 2.83. The Morgan fingerprint density at radius 1 is 1.46 bits per heavy atom. The van der Waals surface area contributed by atoms with Gasteiger partial charge in [-0.3, -0.25) is 0 Å². The third-order valence-corrected chi connectivity index (χ3v) is 3.09. The van der Waals surface area contributed by atoms with Crippen LogP contribution in [0.2, 0.25) is 0 Å². The number of halogens is 1. The molecule has 0 radical (unpaired) electrons. The monoisotopic (exact) mass is 208 g/mol. The fourth-order valence-electron chi connectivity index (χ4n) is 1.12. The Morgan fingerprint density at radius 3 is 3.00 bits per heavy atom. The molecule has 68 valence electrons. The molecule has 0 aliphatic heterocycles. The van der Waals surface area contributed by atoms with Crippen molar-refractivity contribution in [2.24, 2.45) is 0 Å². The van der Waals surface area contributed by atoms with Gasteiger partial charge >= 0.3 is 19.3 Å². The molecular weight excluding hydrogens is 196 g/mol. The van der Waals surface area contributed by atoms with Crippen molar-refractivity contribution in [3.8, 4) is 5.75 Å². The van der Waals surface area contributed by atoms with Crippen LogP contribution in [0.1, 0.15) is 18.9 Å². The van der Waals surface area contributed by atoms with Gasteiger partial charge in [-0.05, 0) is 18.6 Å². The number of benzene rings is 1. The molecule has 1 nitrogen and oxygen atoms in total. The lowest BCUT2D eigenvalue weighted by molar-refractivity contribution is 0.317. The maximum Gasteiger partial charge on any atom is 0.505 e. The molecule has 0 amide bonds. The zero-order valence-electron chi connectivity index (χ0n) is 7.92. The van der Waals surface area contributed by atoms with E-state index in [1.807, 2.05) is 12.1 Å². The van der Waals surface area contributed by atoms with Crippen LogP contribution < -0.4 is 4.74 Å². The summed E-state index contributed by atoms with van der Waals surface area (Å²) in [4.78, 5) is 0. The summed E-state index contributed by atoms with van der Waals surface area (Å²) in [7, 11) is 5.79. The van der Waals surface area contributed by atoms with Gasteiger partial charge in [0.15, 0.2) is 0 Å². The lowest BCUT2D eigenvalue weighted by Gasteiger charge is -2.05. The van der Waals surface area contributed by atoms with Gasteiger partial charge in [0.05, 0.1) is 6.61 Å². The van der Waals surface area contributed by atoms with Crippen LogP contribution in [0.15, 0.2) is 24.3 Å². The molecule has 0 N–H and O–H groups in total. The first-order chi connectivity index (χ1) is 6.36. The van der Waals surface area contributed by atoms with E-state index in [1.165, 1.54) is 5.56 Å². The van der Waals surface area contributed by atoms with E-state index in [0.717, 1.165) is 23.3 Å². The van der Waals surface area contributed by atoms with Crippen molar-refractivity contribution in [3.05, 3.63) is 29.8 Å². The van der Waals surface area contributed by atoms with E-state index in [1.54, 1.807) is 0 Å². The van der Waals surface area contributed by atoms with E-state index in [2.05, 4.69) is 19.1 Å². The second kappa shape index (κ2) is 6.52. The molecule has 1 rings (SSSR count). The summed E-state index contributed by atoms with van der Waals surface area (Å²) in [5.74, 6) is 0.971. The van der Waals surface area contributed by atoms with Crippen molar-refractivity contribution in [2.75, 3.05) is 6.61 Å². The first-order valence-electron chi connectivity index (χ1n) is 4.64. The summed E-state index contributed by atoms with van der Waals surface area (Å²) in [6, 6.07) is 8.22. The third kappa shape index (κ3) is 4.20. The van der Waals surface area contributed by atoms with E-state index in [0.29, 0.717) is 0 Å². The van der Waals surface area contributed by atoms with Crippen molar-refractivity contribution in [2.45, 2.75) is 17.9 Å². The van der Waals surface area contributed by atoms with Crippen LogP contribution in [-0.2, 0) is 4.55 Å². The Balaban J connectivity index is 2.56. The normalized spacial score (nSPS) is 9.38. The van der Waals surface area contributed by atoms with E-state index < -0.39 is 19.3 Å². The molecule has 0 aromatic heterocycles. The topological polar surface area (TPSA) is 9.23 Å². The molecule has 1 aromatic carbocycles. The highest BCUT2D eigenvalue weighted by molar-refractivity contribution is 6.93. The third-order valence-electron chi connectivity index (χ3n) is 1.75. The number of hydrogen-bond donors (Lipinski definition) is 0. The van der Waals surface area contributed by atoms with Gasteiger partial charge in [0.25, 0.3) is 0 Å². The molecule has 13 heavy (non-hydrogen) atoms. The first kappa shape index (κ1) is 11.2. The van der Waals surface area contributed by atoms with E-state index in [-0.39, 0.29) is 0 Å². The molecule has 0 aliphatic carbocycles. The summed E-state index contributed by atoms with van der Waals surface area (Å²) in [5.41, 5.74) is 1.30. The first-order valence-corrected chi connectivity index (χ1v) is 7.78. The molecule has 0 saturated carbocycles. The van der Waals surface area contributed by atoms with Gasteiger partial charge in [0.1, 0.15) is 5.75 Å². The Hall–Kier alpha value is 0.0762. The second-order valence-corrected chi connectivity index (χ2v) is 4.95. The molecule has 0 heterocycles. The Labute approximate surface area is 92.9 Å². The van der Waals surface area contributed by atoms with Gasteiger partial charge in [-0.1, -0.05) is 29.2 Å². The van der Waals surface area contributed by atoms with Crippen molar-refractivity contribution < 1.29 is 4.74 Å². The van der Waals surface area contributed by atoms with Gasteiger partial charge in [0.2, 0.25) is 0 Å². The summed E-state index contributed by atoms with van der Waals surface area (Å²) in [5, 5.41) is 0. The minimum absolute atomic E-state index is 0.403. The molecule has 1 aromatic rings. The molecule has 3 heteroatoms. The summed E-state index contributed by atoms with van der Waals surface area (Å²) < 4.78 is 6.56. The van der Waals surface area contributed by atoms with Gasteiger partial charge < -0.3 is 13.8 Å². The highest BCUT2D eigenvalue weighted by Gasteiger charge is 1.97. The maximum atomic E-state index is 5.79. The van der Waals surface area contributed by atoms with Crippen LogP contribution in [0.4, 0.5) is 0 Å². The lowest BCUT2D eigenvalue weighted by Crippen LogP contribution is -1.96. The van der Waals surface area contributed by atoms with Gasteiger partial charge in [-0.2, -0.15) is 0 Å². The highest BCUT2D eigenvalue weighted by Crippen LogP contribution is 2.13. The molecule has 0 unspecified atom stereocenters. The van der Waals surface area contributed by atoms with Gasteiger partial charge in [0, 0.05) is 0 Å². The van der Waals surface area contributed by atoms with E-state index in [9.17, 15) is 0 Å². The van der Waals surface area contributed by atoms with Crippen LogP contribution in [0, 0.1) is 0 Å². The smallest absolute Gasteiger partial charge is 0.494 e. The minimum atomic E-state index is -0.403. The fraction of sp³-hybridized carbons (Fsp3) is 0.400. The summed E-state index contributed by atoms with van der Waals surface area (Å²) in [6.07, 6.45) is 1.05. The Kier molecular flexibility index (Phi) is 5.59. The zero-order chi connectivity index (χ0) is 9.52. The maximum absolute atomic E-state index is 5.79. The van der Waals surface area contributed by atoms with E-state index in [4.69, 9.17) is 13.8 Å². The van der Waals surface area contributed by atoms with Crippen LogP contribution in [0.5, 0.6) is 5.75 Å². The average Bonchev–Trinajstić information content (AvgIpc) is 2.16. The average molecular weight is 209 g/mol. The van der Waals surface area contributed by atoms with Crippen LogP contribution in [-0.4, -0.2) is 25.9 Å². The van der Waals surface area contributed by atoms with E-state index >= 15 is 0 Å². The van der Waals surface area contributed by atoms with Crippen LogP contribution >= 0.6 is 9.07 Å². The zero-order valence-corrected chi connectivity index (χ0v) is 10.1. The molecule has 0 saturated heterocycles. The molecule has 0 bridgehead atoms. The SMILES string of the molecule is CCCOc1cccc([CH2][Mg][Cl])c1. The largest absolute Gasteiger partial charge is 0.505 e.